The van der Waals surface area contributed by atoms with E-state index in [0.29, 0.717) is 11.6 Å². The molecular formula is C14H16N2O3. The third-order valence-electron chi connectivity index (χ3n) is 3.57. The molecule has 0 atom stereocenters. The third kappa shape index (κ3) is 2.05. The Morgan fingerprint density at radius 3 is 2.79 bits per heavy atom. The molecule has 5 heteroatoms. The number of fused-ring (bicyclic) bond motifs is 1. The number of carboxylic acids is 1. The van der Waals surface area contributed by atoms with Crippen LogP contribution in [-0.4, -0.2) is 29.1 Å². The molecule has 0 unspecified atom stereocenters. The van der Waals surface area contributed by atoms with E-state index in [-0.39, 0.29) is 5.56 Å². The monoisotopic (exact) mass is 260 g/mol. The van der Waals surface area contributed by atoms with Crippen LogP contribution in [0.4, 0.5) is 6.01 Å². The van der Waals surface area contributed by atoms with Gasteiger partial charge >= 0.3 is 5.97 Å². The quantitative estimate of drug-likeness (QED) is 0.919. The zero-order valence-electron chi connectivity index (χ0n) is 10.8. The highest BCUT2D eigenvalue weighted by atomic mass is 16.4. The van der Waals surface area contributed by atoms with Crippen molar-refractivity contribution in [1.29, 1.82) is 0 Å². The maximum atomic E-state index is 11.1. The third-order valence-corrected chi connectivity index (χ3v) is 3.57. The van der Waals surface area contributed by atoms with Gasteiger partial charge in [0, 0.05) is 13.1 Å². The Balaban J connectivity index is 2.12. The van der Waals surface area contributed by atoms with E-state index in [1.165, 1.54) is 0 Å². The lowest BCUT2D eigenvalue weighted by Crippen LogP contribution is -2.17. The molecule has 0 amide bonds. The molecule has 19 heavy (non-hydrogen) atoms. The Labute approximate surface area is 110 Å². The van der Waals surface area contributed by atoms with Crippen molar-refractivity contribution in [2.24, 2.45) is 0 Å². The molecule has 1 aliphatic heterocycles. The molecule has 1 saturated heterocycles. The van der Waals surface area contributed by atoms with E-state index in [9.17, 15) is 4.79 Å². The predicted octanol–water partition coefficient (Wildman–Crippen LogP) is 2.69. The number of carboxylic acid groups (broad SMARTS) is 1. The fourth-order valence-electron chi connectivity index (χ4n) is 2.52. The highest BCUT2D eigenvalue weighted by Crippen LogP contribution is 2.28. The molecule has 1 fully saturated rings. The van der Waals surface area contributed by atoms with Crippen molar-refractivity contribution < 1.29 is 14.3 Å². The average Bonchev–Trinajstić information content (AvgIpc) is 3.05. The summed E-state index contributed by atoms with van der Waals surface area (Å²) in [5.41, 5.74) is 2.53. The molecule has 100 valence electrons. The molecule has 1 aliphatic rings. The summed E-state index contributed by atoms with van der Waals surface area (Å²) in [6.07, 6.45) is 3.04. The SMILES string of the molecule is CCc1cc(C(=O)O)cc2oc(N3CCCC3)nc12. The molecule has 0 radical (unpaired) electrons. The Kier molecular flexibility index (Phi) is 2.89. The van der Waals surface area contributed by atoms with Crippen LogP contribution in [0.5, 0.6) is 0 Å². The lowest BCUT2D eigenvalue weighted by molar-refractivity contribution is 0.0697. The van der Waals surface area contributed by atoms with Gasteiger partial charge < -0.3 is 14.4 Å². The van der Waals surface area contributed by atoms with Crippen LogP contribution < -0.4 is 4.90 Å². The maximum absolute atomic E-state index is 11.1. The van der Waals surface area contributed by atoms with Gasteiger partial charge in [-0.1, -0.05) is 6.92 Å². The normalized spacial score (nSPS) is 15.3. The van der Waals surface area contributed by atoms with Crippen LogP contribution in [-0.2, 0) is 6.42 Å². The summed E-state index contributed by atoms with van der Waals surface area (Å²) >= 11 is 0. The number of oxazole rings is 1. The van der Waals surface area contributed by atoms with Gasteiger partial charge in [0.15, 0.2) is 5.58 Å². The van der Waals surface area contributed by atoms with E-state index in [2.05, 4.69) is 9.88 Å². The first-order valence-electron chi connectivity index (χ1n) is 6.60. The van der Waals surface area contributed by atoms with Crippen LogP contribution in [0.15, 0.2) is 16.5 Å². The van der Waals surface area contributed by atoms with Crippen molar-refractivity contribution in [2.75, 3.05) is 18.0 Å². The van der Waals surface area contributed by atoms with Gasteiger partial charge in [-0.25, -0.2) is 4.79 Å². The zero-order chi connectivity index (χ0) is 13.4. The summed E-state index contributed by atoms with van der Waals surface area (Å²) in [6.45, 7) is 3.91. The number of carbonyl (C=O) groups is 1. The summed E-state index contributed by atoms with van der Waals surface area (Å²) in [5, 5.41) is 9.11. The molecule has 3 rings (SSSR count). The van der Waals surface area contributed by atoms with Crippen molar-refractivity contribution in [1.82, 2.24) is 4.98 Å². The van der Waals surface area contributed by atoms with Gasteiger partial charge in [-0.15, -0.1) is 0 Å². The second-order valence-electron chi connectivity index (χ2n) is 4.83. The van der Waals surface area contributed by atoms with E-state index < -0.39 is 5.97 Å². The Bertz CT molecular complexity index is 627. The number of rotatable bonds is 3. The first-order chi connectivity index (χ1) is 9.19. The summed E-state index contributed by atoms with van der Waals surface area (Å²) in [5.74, 6) is -0.935. The molecule has 2 aromatic rings. The average molecular weight is 260 g/mol. The fraction of sp³-hybridized carbons (Fsp3) is 0.429. The van der Waals surface area contributed by atoms with E-state index in [1.807, 2.05) is 6.92 Å². The molecule has 0 bridgehead atoms. The standard InChI is InChI=1S/C14H16N2O3/c1-2-9-7-10(13(17)18)8-11-12(9)15-14(19-11)16-5-3-4-6-16/h7-8H,2-6H2,1H3,(H,17,18). The van der Waals surface area contributed by atoms with Crippen LogP contribution in [0.25, 0.3) is 11.1 Å². The van der Waals surface area contributed by atoms with Crippen molar-refractivity contribution in [3.63, 3.8) is 0 Å². The number of hydrogen-bond donors (Lipinski definition) is 1. The number of aromatic nitrogens is 1. The Morgan fingerprint density at radius 1 is 1.42 bits per heavy atom. The highest BCUT2D eigenvalue weighted by molar-refractivity contribution is 5.93. The molecule has 0 aliphatic carbocycles. The van der Waals surface area contributed by atoms with E-state index in [1.54, 1.807) is 12.1 Å². The summed E-state index contributed by atoms with van der Waals surface area (Å²) < 4.78 is 5.74. The van der Waals surface area contributed by atoms with Crippen LogP contribution in [0, 0.1) is 0 Å². The van der Waals surface area contributed by atoms with Crippen LogP contribution in [0.2, 0.25) is 0 Å². The van der Waals surface area contributed by atoms with Crippen LogP contribution >= 0.6 is 0 Å². The number of hydrogen-bond acceptors (Lipinski definition) is 4. The largest absolute Gasteiger partial charge is 0.478 e. The van der Waals surface area contributed by atoms with Crippen molar-refractivity contribution in [3.8, 4) is 0 Å². The highest BCUT2D eigenvalue weighted by Gasteiger charge is 2.20. The molecule has 1 aromatic carbocycles. The molecule has 0 spiro atoms. The number of anilines is 1. The van der Waals surface area contributed by atoms with Gasteiger partial charge in [0.25, 0.3) is 6.01 Å². The molecule has 5 nitrogen and oxygen atoms in total. The fourth-order valence-corrected chi connectivity index (χ4v) is 2.52. The maximum Gasteiger partial charge on any atom is 0.335 e. The molecular weight excluding hydrogens is 244 g/mol. The zero-order valence-corrected chi connectivity index (χ0v) is 10.8. The van der Waals surface area contributed by atoms with Crippen molar-refractivity contribution in [3.05, 3.63) is 23.3 Å². The Morgan fingerprint density at radius 2 is 2.16 bits per heavy atom. The van der Waals surface area contributed by atoms with Gasteiger partial charge in [0.05, 0.1) is 5.56 Å². The summed E-state index contributed by atoms with van der Waals surface area (Å²) in [4.78, 5) is 17.7. The second kappa shape index (κ2) is 4.57. The Hall–Kier alpha value is -2.04. The molecule has 1 N–H and O–H groups in total. The van der Waals surface area contributed by atoms with E-state index in [0.717, 1.165) is 43.4 Å². The van der Waals surface area contributed by atoms with Gasteiger partial charge in [-0.3, -0.25) is 0 Å². The van der Waals surface area contributed by atoms with Crippen LogP contribution in [0.1, 0.15) is 35.7 Å². The molecule has 0 saturated carbocycles. The molecule has 1 aromatic heterocycles. The smallest absolute Gasteiger partial charge is 0.335 e. The molecule has 2 heterocycles. The van der Waals surface area contributed by atoms with Gasteiger partial charge in [0.1, 0.15) is 5.52 Å². The van der Waals surface area contributed by atoms with Crippen molar-refractivity contribution >= 4 is 23.1 Å². The topological polar surface area (TPSA) is 66.6 Å². The predicted molar refractivity (Wildman–Crippen MR) is 71.8 cm³/mol. The number of nitrogens with zero attached hydrogens (tertiary/aromatic N) is 2. The first-order valence-corrected chi connectivity index (χ1v) is 6.60. The summed E-state index contributed by atoms with van der Waals surface area (Å²) in [7, 11) is 0. The minimum Gasteiger partial charge on any atom is -0.478 e. The number of benzene rings is 1. The number of aromatic carboxylic acids is 1. The van der Waals surface area contributed by atoms with Gasteiger partial charge in [-0.2, -0.15) is 4.98 Å². The van der Waals surface area contributed by atoms with Crippen molar-refractivity contribution in [2.45, 2.75) is 26.2 Å². The lowest BCUT2D eigenvalue weighted by atomic mass is 10.1. The van der Waals surface area contributed by atoms with E-state index >= 15 is 0 Å². The summed E-state index contributed by atoms with van der Waals surface area (Å²) in [6, 6.07) is 3.86. The van der Waals surface area contributed by atoms with Gasteiger partial charge in [-0.05, 0) is 37.0 Å². The second-order valence-corrected chi connectivity index (χ2v) is 4.83. The number of aryl methyl sites for hydroxylation is 1. The first kappa shape index (κ1) is 12.0. The van der Waals surface area contributed by atoms with Crippen LogP contribution in [0.3, 0.4) is 0 Å². The minimum atomic E-state index is -0.935. The van der Waals surface area contributed by atoms with Gasteiger partial charge in [0.2, 0.25) is 0 Å². The lowest BCUT2D eigenvalue weighted by Gasteiger charge is -2.10. The van der Waals surface area contributed by atoms with E-state index in [4.69, 9.17) is 9.52 Å². The minimum absolute atomic E-state index is 0.258.